The molecule has 3 N–H and O–H groups in total. The van der Waals surface area contributed by atoms with Crippen LogP contribution in [0.25, 0.3) is 0 Å². The molecular formula is C12H21N5O2S. The zero-order valence-corrected chi connectivity index (χ0v) is 12.6. The summed E-state index contributed by atoms with van der Waals surface area (Å²) in [5.41, 5.74) is 2.38. The van der Waals surface area contributed by atoms with Gasteiger partial charge in [0.2, 0.25) is 10.0 Å². The summed E-state index contributed by atoms with van der Waals surface area (Å²) in [7, 11) is 0.475. The maximum Gasteiger partial charge on any atom is 0.244 e. The first kappa shape index (κ1) is 15.2. The molecule has 112 valence electrons. The highest BCUT2D eigenvalue weighted by Crippen LogP contribution is 2.22. The van der Waals surface area contributed by atoms with Crippen molar-refractivity contribution in [3.05, 3.63) is 18.3 Å². The third kappa shape index (κ3) is 3.09. The van der Waals surface area contributed by atoms with E-state index in [0.29, 0.717) is 18.9 Å². The molecule has 0 radical (unpaired) electrons. The van der Waals surface area contributed by atoms with Crippen LogP contribution in [0.4, 0.5) is 5.82 Å². The fraction of sp³-hybridized carbons (Fsp3) is 0.583. The van der Waals surface area contributed by atoms with Gasteiger partial charge in [0.15, 0.2) is 0 Å². The van der Waals surface area contributed by atoms with Crippen LogP contribution >= 0.6 is 0 Å². The van der Waals surface area contributed by atoms with E-state index >= 15 is 0 Å². The minimum absolute atomic E-state index is 0.205. The highest BCUT2D eigenvalue weighted by Gasteiger charge is 2.31. The van der Waals surface area contributed by atoms with E-state index in [0.717, 1.165) is 12.8 Å². The van der Waals surface area contributed by atoms with Gasteiger partial charge in [-0.05, 0) is 39.1 Å². The van der Waals surface area contributed by atoms with E-state index in [2.05, 4.69) is 15.3 Å². The predicted molar refractivity (Wildman–Crippen MR) is 77.5 cm³/mol. The lowest BCUT2D eigenvalue weighted by Gasteiger charge is -2.35. The zero-order chi connectivity index (χ0) is 14.8. The van der Waals surface area contributed by atoms with E-state index < -0.39 is 10.0 Å². The zero-order valence-electron chi connectivity index (χ0n) is 11.8. The lowest BCUT2D eigenvalue weighted by molar-refractivity contribution is 0.190. The molecule has 1 unspecified atom stereocenters. The van der Waals surface area contributed by atoms with Crippen molar-refractivity contribution in [2.45, 2.75) is 23.8 Å². The minimum Gasteiger partial charge on any atom is -0.308 e. The van der Waals surface area contributed by atoms with E-state index in [1.807, 2.05) is 14.1 Å². The predicted octanol–water partition coefficient (Wildman–Crippen LogP) is 0.0819. The summed E-state index contributed by atoms with van der Waals surface area (Å²) in [6, 6.07) is 3.34. The van der Waals surface area contributed by atoms with Crippen LogP contribution in [-0.4, -0.2) is 55.8 Å². The summed E-state index contributed by atoms with van der Waals surface area (Å²) in [4.78, 5) is 6.24. The second-order valence-corrected chi connectivity index (χ2v) is 7.08. The quantitative estimate of drug-likeness (QED) is 0.604. The van der Waals surface area contributed by atoms with E-state index in [4.69, 9.17) is 5.84 Å². The van der Waals surface area contributed by atoms with Crippen molar-refractivity contribution in [3.63, 3.8) is 0 Å². The second kappa shape index (κ2) is 6.04. The van der Waals surface area contributed by atoms with Gasteiger partial charge in [0.25, 0.3) is 0 Å². The molecule has 0 amide bonds. The molecule has 8 heteroatoms. The third-order valence-electron chi connectivity index (χ3n) is 3.61. The number of pyridine rings is 1. The van der Waals surface area contributed by atoms with Gasteiger partial charge in [-0.15, -0.1) is 0 Å². The van der Waals surface area contributed by atoms with Crippen LogP contribution in [0.2, 0.25) is 0 Å². The van der Waals surface area contributed by atoms with Crippen LogP contribution in [0.15, 0.2) is 23.2 Å². The standard InChI is InChI=1S/C12H21N5O2S/c1-16(2)10-4-3-7-17(9-10)20(18,19)11-5-6-12(15-13)14-8-11/h5-6,8,10H,3-4,7,9,13H2,1-2H3,(H,14,15). The SMILES string of the molecule is CN(C)C1CCCN(S(=O)(=O)c2ccc(NN)nc2)C1. The first-order chi connectivity index (χ1) is 9.45. The Morgan fingerprint density at radius 1 is 1.45 bits per heavy atom. The summed E-state index contributed by atoms with van der Waals surface area (Å²) in [5, 5.41) is 0. The van der Waals surface area contributed by atoms with Gasteiger partial charge in [-0.25, -0.2) is 19.2 Å². The van der Waals surface area contributed by atoms with Crippen molar-refractivity contribution in [2.75, 3.05) is 32.6 Å². The maximum absolute atomic E-state index is 12.6. The lowest BCUT2D eigenvalue weighted by atomic mass is 10.1. The Labute approximate surface area is 119 Å². The molecule has 0 saturated carbocycles. The smallest absolute Gasteiger partial charge is 0.244 e. The molecule has 1 aromatic rings. The molecule has 0 aromatic carbocycles. The summed E-state index contributed by atoms with van der Waals surface area (Å²) in [5.74, 6) is 5.66. The average Bonchev–Trinajstić information content (AvgIpc) is 2.47. The van der Waals surface area contributed by atoms with Crippen LogP contribution in [0, 0.1) is 0 Å². The first-order valence-corrected chi connectivity index (χ1v) is 7.98. The van der Waals surface area contributed by atoms with E-state index in [-0.39, 0.29) is 10.9 Å². The molecule has 1 aliphatic rings. The van der Waals surface area contributed by atoms with E-state index in [1.54, 1.807) is 6.07 Å². The Morgan fingerprint density at radius 3 is 2.75 bits per heavy atom. The van der Waals surface area contributed by atoms with Gasteiger partial charge < -0.3 is 10.3 Å². The number of nitrogen functional groups attached to an aromatic ring is 1. The van der Waals surface area contributed by atoms with E-state index in [9.17, 15) is 8.42 Å². The molecule has 7 nitrogen and oxygen atoms in total. The Balaban J connectivity index is 2.20. The van der Waals surface area contributed by atoms with Crippen LogP contribution in [0.5, 0.6) is 0 Å². The normalized spacial score (nSPS) is 21.1. The number of anilines is 1. The van der Waals surface area contributed by atoms with Gasteiger partial charge in [-0.2, -0.15) is 4.31 Å². The second-order valence-electron chi connectivity index (χ2n) is 5.15. The van der Waals surface area contributed by atoms with Crippen molar-refractivity contribution in [1.29, 1.82) is 0 Å². The maximum atomic E-state index is 12.6. The fourth-order valence-electron chi connectivity index (χ4n) is 2.33. The minimum atomic E-state index is -3.48. The summed E-state index contributed by atoms with van der Waals surface area (Å²) < 4.78 is 26.7. The number of nitrogens with two attached hydrogens (primary N) is 1. The number of hydrazine groups is 1. The monoisotopic (exact) mass is 299 g/mol. The van der Waals surface area contributed by atoms with Crippen LogP contribution in [0.3, 0.4) is 0 Å². The van der Waals surface area contributed by atoms with Crippen molar-refractivity contribution >= 4 is 15.8 Å². The molecule has 2 rings (SSSR count). The third-order valence-corrected chi connectivity index (χ3v) is 5.46. The number of nitrogens with zero attached hydrogens (tertiary/aromatic N) is 3. The molecule has 1 fully saturated rings. The molecule has 20 heavy (non-hydrogen) atoms. The van der Waals surface area contributed by atoms with Gasteiger partial charge in [-0.3, -0.25) is 0 Å². The van der Waals surface area contributed by atoms with Gasteiger partial charge in [0.05, 0.1) is 0 Å². The molecule has 0 bridgehead atoms. The van der Waals surface area contributed by atoms with Crippen LogP contribution < -0.4 is 11.3 Å². The number of hydrogen-bond acceptors (Lipinski definition) is 6. The fourth-order valence-corrected chi connectivity index (χ4v) is 3.79. The molecule has 0 aliphatic carbocycles. The Bertz CT molecular complexity index is 543. The van der Waals surface area contributed by atoms with Crippen molar-refractivity contribution in [3.8, 4) is 0 Å². The summed E-state index contributed by atoms with van der Waals surface area (Å²) in [6.45, 7) is 1.08. The topological polar surface area (TPSA) is 91.6 Å². The number of sulfonamides is 1. The van der Waals surface area contributed by atoms with Crippen molar-refractivity contribution in [2.24, 2.45) is 5.84 Å². The van der Waals surface area contributed by atoms with Gasteiger partial charge in [-0.1, -0.05) is 0 Å². The molecule has 0 spiro atoms. The molecular weight excluding hydrogens is 278 g/mol. The largest absolute Gasteiger partial charge is 0.308 e. The van der Waals surface area contributed by atoms with Crippen LogP contribution in [-0.2, 0) is 10.0 Å². The molecule has 1 saturated heterocycles. The van der Waals surface area contributed by atoms with Crippen molar-refractivity contribution in [1.82, 2.24) is 14.2 Å². The van der Waals surface area contributed by atoms with Crippen molar-refractivity contribution < 1.29 is 8.42 Å². The number of rotatable bonds is 4. The Morgan fingerprint density at radius 2 is 2.20 bits per heavy atom. The molecule has 2 heterocycles. The number of piperidine rings is 1. The molecule has 1 atom stereocenters. The first-order valence-electron chi connectivity index (χ1n) is 6.54. The van der Waals surface area contributed by atoms with Crippen LogP contribution in [0.1, 0.15) is 12.8 Å². The Kier molecular flexibility index (Phi) is 4.59. The highest BCUT2D eigenvalue weighted by molar-refractivity contribution is 7.89. The van der Waals surface area contributed by atoms with E-state index in [1.165, 1.54) is 16.6 Å². The van der Waals surface area contributed by atoms with Gasteiger partial charge >= 0.3 is 0 Å². The Hall–Kier alpha value is -1.22. The molecule has 1 aromatic heterocycles. The number of likely N-dealkylation sites (N-methyl/N-ethyl adjacent to an activating group) is 1. The summed E-state index contributed by atoms with van der Waals surface area (Å²) in [6.07, 6.45) is 3.23. The number of nitrogens with one attached hydrogen (secondary N) is 1. The molecule has 1 aliphatic heterocycles. The number of hydrogen-bond donors (Lipinski definition) is 2. The average molecular weight is 299 g/mol. The van der Waals surface area contributed by atoms with Gasteiger partial charge in [0.1, 0.15) is 10.7 Å². The highest BCUT2D eigenvalue weighted by atomic mass is 32.2. The lowest BCUT2D eigenvalue weighted by Crippen LogP contribution is -2.47. The summed E-state index contributed by atoms with van der Waals surface area (Å²) >= 11 is 0. The number of aromatic nitrogens is 1. The van der Waals surface area contributed by atoms with Gasteiger partial charge in [0, 0.05) is 25.3 Å².